The molecule has 3 rings (SSSR count). The van der Waals surface area contributed by atoms with Gasteiger partial charge >= 0.3 is 6.03 Å². The molecule has 2 unspecified atom stereocenters. The third kappa shape index (κ3) is 8.34. The van der Waals surface area contributed by atoms with Crippen LogP contribution in [0.1, 0.15) is 65.7 Å². The predicted molar refractivity (Wildman–Crippen MR) is 139 cm³/mol. The van der Waals surface area contributed by atoms with Crippen LogP contribution in [0.4, 0.5) is 4.79 Å². The third-order valence-electron chi connectivity index (χ3n) is 7.31. The first kappa shape index (κ1) is 28.2. The van der Waals surface area contributed by atoms with Gasteiger partial charge in [0.2, 0.25) is 11.9 Å². The number of morpholine rings is 1. The highest BCUT2D eigenvalue weighted by Gasteiger charge is 2.41. The summed E-state index contributed by atoms with van der Waals surface area (Å²) in [5.74, 6) is 1.03. The van der Waals surface area contributed by atoms with Gasteiger partial charge in [-0.05, 0) is 44.4 Å². The fraction of sp³-hybridized carbons (Fsp3) is 0.846. The van der Waals surface area contributed by atoms with Crippen molar-refractivity contribution in [2.24, 2.45) is 16.8 Å². The van der Waals surface area contributed by atoms with Crippen molar-refractivity contribution in [1.29, 1.82) is 5.26 Å². The van der Waals surface area contributed by atoms with Gasteiger partial charge in [0.25, 0.3) is 0 Å². The van der Waals surface area contributed by atoms with E-state index in [0.29, 0.717) is 64.1 Å². The van der Waals surface area contributed by atoms with E-state index in [1.54, 1.807) is 0 Å². The van der Waals surface area contributed by atoms with Crippen LogP contribution in [0.25, 0.3) is 0 Å². The standard InChI is InChI=1S/C26H45N7O3/c1-4-28-25(35)30-24(33-12-14-36-15-13-33)29-22(16-20(2)3)23(34)31-26(18-27)10-11-32(19-26)17-21-8-6-5-7-9-21/h20-22H,4-17,19H2,1-3H3,(H,31,34)(H2,28,29,30,35). The number of guanidine groups is 1. The minimum atomic E-state index is -0.900. The van der Waals surface area contributed by atoms with Crippen LogP contribution in [-0.2, 0) is 9.53 Å². The SMILES string of the molecule is CCNC(=O)NC(=NC(CC(C)C)C(=O)NC1(C#N)CCN(CC2CCCCC2)C1)N1CCOCC1. The number of rotatable bonds is 8. The summed E-state index contributed by atoms with van der Waals surface area (Å²) in [6, 6.07) is 1.36. The summed E-state index contributed by atoms with van der Waals surface area (Å²) in [5, 5.41) is 18.7. The maximum Gasteiger partial charge on any atom is 0.321 e. The molecule has 0 aromatic carbocycles. The van der Waals surface area contributed by atoms with Crippen LogP contribution in [-0.4, -0.2) is 91.8 Å². The number of nitrogens with zero attached hydrogens (tertiary/aromatic N) is 4. The molecule has 0 aromatic rings. The molecular weight excluding hydrogens is 458 g/mol. The zero-order valence-electron chi connectivity index (χ0n) is 22.4. The molecule has 3 amide bonds. The Labute approximate surface area is 216 Å². The average Bonchev–Trinajstić information content (AvgIpc) is 3.26. The number of urea groups is 1. The highest BCUT2D eigenvalue weighted by molar-refractivity contribution is 5.97. The van der Waals surface area contributed by atoms with Crippen molar-refractivity contribution in [1.82, 2.24) is 25.8 Å². The fourth-order valence-electron chi connectivity index (χ4n) is 5.41. The molecule has 0 aromatic heterocycles. The van der Waals surface area contributed by atoms with Crippen LogP contribution in [0, 0.1) is 23.2 Å². The molecule has 2 aliphatic heterocycles. The largest absolute Gasteiger partial charge is 0.378 e. The van der Waals surface area contributed by atoms with E-state index in [-0.39, 0.29) is 17.9 Å². The normalized spacial score (nSPS) is 24.9. The van der Waals surface area contributed by atoms with E-state index in [4.69, 9.17) is 9.73 Å². The van der Waals surface area contributed by atoms with Gasteiger partial charge in [-0.2, -0.15) is 5.26 Å². The number of nitriles is 1. The summed E-state index contributed by atoms with van der Waals surface area (Å²) < 4.78 is 5.46. The Morgan fingerprint density at radius 1 is 1.17 bits per heavy atom. The number of aliphatic imine (C=N–C) groups is 1. The Kier molecular flexibility index (Phi) is 10.8. The van der Waals surface area contributed by atoms with Crippen molar-refractivity contribution in [3.63, 3.8) is 0 Å². The summed E-state index contributed by atoms with van der Waals surface area (Å²) in [6.45, 7) is 11.0. The number of amides is 3. The van der Waals surface area contributed by atoms with E-state index in [1.807, 2.05) is 25.7 Å². The fourth-order valence-corrected chi connectivity index (χ4v) is 5.41. The predicted octanol–water partition coefficient (Wildman–Crippen LogP) is 2.07. The van der Waals surface area contributed by atoms with Gasteiger partial charge in [-0.1, -0.05) is 33.1 Å². The van der Waals surface area contributed by atoms with Gasteiger partial charge in [0.05, 0.1) is 19.3 Å². The number of ether oxygens (including phenoxy) is 1. The van der Waals surface area contributed by atoms with E-state index >= 15 is 0 Å². The zero-order valence-corrected chi connectivity index (χ0v) is 22.4. The number of nitrogens with one attached hydrogen (secondary N) is 3. The molecule has 10 heteroatoms. The lowest BCUT2D eigenvalue weighted by molar-refractivity contribution is -0.123. The van der Waals surface area contributed by atoms with Crippen molar-refractivity contribution in [3.05, 3.63) is 0 Å². The van der Waals surface area contributed by atoms with Gasteiger partial charge in [-0.15, -0.1) is 0 Å². The van der Waals surface area contributed by atoms with Crippen molar-refractivity contribution < 1.29 is 14.3 Å². The lowest BCUT2D eigenvalue weighted by Crippen LogP contribution is -2.55. The van der Waals surface area contributed by atoms with Crippen LogP contribution in [0.5, 0.6) is 0 Å². The number of carbonyl (C=O) groups is 2. The first-order valence-corrected chi connectivity index (χ1v) is 13.7. The van der Waals surface area contributed by atoms with Gasteiger partial charge in [-0.3, -0.25) is 15.0 Å². The molecule has 2 saturated heterocycles. The molecule has 10 nitrogen and oxygen atoms in total. The third-order valence-corrected chi connectivity index (χ3v) is 7.31. The summed E-state index contributed by atoms with van der Waals surface area (Å²) in [4.78, 5) is 35.0. The lowest BCUT2D eigenvalue weighted by Gasteiger charge is -2.31. The molecule has 0 radical (unpaired) electrons. The maximum absolute atomic E-state index is 13.6. The van der Waals surface area contributed by atoms with Crippen molar-refractivity contribution >= 4 is 17.9 Å². The summed E-state index contributed by atoms with van der Waals surface area (Å²) in [6.07, 6.45) is 7.57. The topological polar surface area (TPSA) is 122 Å². The Bertz CT molecular complexity index is 800. The maximum atomic E-state index is 13.6. The Balaban J connectivity index is 1.72. The minimum Gasteiger partial charge on any atom is -0.378 e. The number of carbonyl (C=O) groups excluding carboxylic acids is 2. The number of likely N-dealkylation sites (tertiary alicyclic amines) is 1. The molecule has 2 heterocycles. The molecule has 1 saturated carbocycles. The van der Waals surface area contributed by atoms with Gasteiger partial charge < -0.3 is 20.3 Å². The van der Waals surface area contributed by atoms with Crippen LogP contribution in [0.3, 0.4) is 0 Å². The van der Waals surface area contributed by atoms with Gasteiger partial charge in [0.15, 0.2) is 0 Å². The molecule has 2 atom stereocenters. The quantitative estimate of drug-likeness (QED) is 0.344. The smallest absolute Gasteiger partial charge is 0.321 e. The summed E-state index contributed by atoms with van der Waals surface area (Å²) >= 11 is 0. The second-order valence-electron chi connectivity index (χ2n) is 10.9. The van der Waals surface area contributed by atoms with E-state index in [2.05, 4.69) is 26.9 Å². The van der Waals surface area contributed by atoms with Gasteiger partial charge in [-0.25, -0.2) is 9.79 Å². The van der Waals surface area contributed by atoms with Crippen LogP contribution >= 0.6 is 0 Å². The van der Waals surface area contributed by atoms with Gasteiger partial charge in [0.1, 0.15) is 11.6 Å². The van der Waals surface area contributed by atoms with Crippen LogP contribution < -0.4 is 16.0 Å². The van der Waals surface area contributed by atoms with Crippen LogP contribution in [0.15, 0.2) is 4.99 Å². The van der Waals surface area contributed by atoms with Crippen molar-refractivity contribution in [2.45, 2.75) is 77.3 Å². The zero-order chi connectivity index (χ0) is 26.0. The highest BCUT2D eigenvalue weighted by atomic mass is 16.5. The van der Waals surface area contributed by atoms with E-state index < -0.39 is 11.6 Å². The van der Waals surface area contributed by atoms with E-state index in [9.17, 15) is 14.9 Å². The van der Waals surface area contributed by atoms with E-state index in [1.165, 1.54) is 32.1 Å². The number of hydrogen-bond acceptors (Lipinski definition) is 6. The molecule has 202 valence electrons. The Hall–Kier alpha value is -2.38. The molecule has 0 spiro atoms. The van der Waals surface area contributed by atoms with Gasteiger partial charge in [0, 0.05) is 39.3 Å². The minimum absolute atomic E-state index is 0.212. The van der Waals surface area contributed by atoms with Crippen molar-refractivity contribution in [2.75, 3.05) is 52.5 Å². The molecule has 1 aliphatic carbocycles. The second kappa shape index (κ2) is 13.8. The Morgan fingerprint density at radius 3 is 2.53 bits per heavy atom. The molecule has 0 bridgehead atoms. The molecule has 36 heavy (non-hydrogen) atoms. The average molecular weight is 504 g/mol. The monoisotopic (exact) mass is 503 g/mol. The highest BCUT2D eigenvalue weighted by Crippen LogP contribution is 2.28. The Morgan fingerprint density at radius 2 is 1.89 bits per heavy atom. The van der Waals surface area contributed by atoms with Crippen LogP contribution in [0.2, 0.25) is 0 Å². The number of hydrogen-bond donors (Lipinski definition) is 3. The molecular formula is C26H45N7O3. The summed E-state index contributed by atoms with van der Waals surface area (Å²) in [7, 11) is 0. The summed E-state index contributed by atoms with van der Waals surface area (Å²) in [5.41, 5.74) is -0.900. The van der Waals surface area contributed by atoms with Crippen molar-refractivity contribution in [3.8, 4) is 6.07 Å². The van der Waals surface area contributed by atoms with E-state index in [0.717, 1.165) is 13.1 Å². The first-order chi connectivity index (χ1) is 17.3. The molecule has 3 fully saturated rings. The lowest BCUT2D eigenvalue weighted by atomic mass is 9.89. The first-order valence-electron chi connectivity index (χ1n) is 13.7. The molecule has 3 aliphatic rings. The second-order valence-corrected chi connectivity index (χ2v) is 10.9. The molecule has 3 N–H and O–H groups in total.